The number of rotatable bonds is 6. The van der Waals surface area contributed by atoms with E-state index in [1.165, 1.54) is 12.8 Å². The summed E-state index contributed by atoms with van der Waals surface area (Å²) < 4.78 is 0. The molecule has 4 nitrogen and oxygen atoms in total. The molecule has 2 rings (SSSR count). The van der Waals surface area contributed by atoms with Crippen molar-refractivity contribution in [1.82, 2.24) is 9.88 Å². The summed E-state index contributed by atoms with van der Waals surface area (Å²) in [6.07, 6.45) is 6.29. The highest BCUT2D eigenvalue weighted by Crippen LogP contribution is 2.30. The van der Waals surface area contributed by atoms with E-state index in [0.29, 0.717) is 18.0 Å². The number of hydrogen-bond donors (Lipinski definition) is 1. The highest BCUT2D eigenvalue weighted by molar-refractivity contribution is 5.90. The summed E-state index contributed by atoms with van der Waals surface area (Å²) in [7, 11) is 0. The summed E-state index contributed by atoms with van der Waals surface area (Å²) in [5.41, 5.74) is 6.37. The molecule has 1 aliphatic rings. The highest BCUT2D eigenvalue weighted by Gasteiger charge is 2.41. The van der Waals surface area contributed by atoms with Crippen molar-refractivity contribution in [2.75, 3.05) is 18.8 Å². The molecule has 0 atom stereocenters. The Hall–Kier alpha value is -1.42. The quantitative estimate of drug-likeness (QED) is 0.866. The molecule has 1 saturated heterocycles. The first-order valence-corrected chi connectivity index (χ1v) is 7.61. The molecule has 0 saturated carbocycles. The van der Waals surface area contributed by atoms with Crippen molar-refractivity contribution in [3.05, 3.63) is 23.9 Å². The zero-order valence-electron chi connectivity index (χ0n) is 12.6. The third-order valence-corrected chi connectivity index (χ3v) is 4.61. The normalized spacial score (nSPS) is 16.5. The fourth-order valence-corrected chi connectivity index (χ4v) is 3.37. The predicted octanol–water partition coefficient (Wildman–Crippen LogP) is 2.43. The van der Waals surface area contributed by atoms with Crippen LogP contribution in [0.3, 0.4) is 0 Å². The molecule has 0 amide bonds. The molecule has 1 fully saturated rings. The van der Waals surface area contributed by atoms with Gasteiger partial charge in [-0.25, -0.2) is 4.98 Å². The largest absolute Gasteiger partial charge is 0.384 e. The monoisotopic (exact) mass is 275 g/mol. The van der Waals surface area contributed by atoms with Gasteiger partial charge in [-0.1, -0.05) is 13.8 Å². The number of anilines is 1. The van der Waals surface area contributed by atoms with E-state index in [1.807, 2.05) is 6.07 Å². The standard InChI is InChI=1S/C16H25N3O/c1-3-16(4-2,19-9-5-6-10-19)14(20)11-13-7-8-18-15(17)12-13/h7-8,12H,3-6,9-11H2,1-2H3,(H2,17,18). The molecule has 2 heterocycles. The lowest BCUT2D eigenvalue weighted by molar-refractivity contribution is -0.130. The van der Waals surface area contributed by atoms with Crippen molar-refractivity contribution in [3.8, 4) is 0 Å². The van der Waals surface area contributed by atoms with Gasteiger partial charge in [0.15, 0.2) is 5.78 Å². The summed E-state index contributed by atoms with van der Waals surface area (Å²) in [5.74, 6) is 0.796. The number of nitrogens with zero attached hydrogens (tertiary/aromatic N) is 2. The van der Waals surface area contributed by atoms with Crippen LogP contribution < -0.4 is 5.73 Å². The van der Waals surface area contributed by atoms with E-state index in [9.17, 15) is 4.79 Å². The predicted molar refractivity (Wildman–Crippen MR) is 81.5 cm³/mol. The van der Waals surface area contributed by atoms with Crippen LogP contribution >= 0.6 is 0 Å². The maximum absolute atomic E-state index is 12.9. The van der Waals surface area contributed by atoms with Crippen molar-refractivity contribution in [2.24, 2.45) is 0 Å². The van der Waals surface area contributed by atoms with Gasteiger partial charge in [-0.05, 0) is 56.5 Å². The van der Waals surface area contributed by atoms with Gasteiger partial charge in [0.1, 0.15) is 5.82 Å². The minimum atomic E-state index is -0.297. The molecule has 1 aromatic rings. The van der Waals surface area contributed by atoms with Crippen LogP contribution in [0.5, 0.6) is 0 Å². The Labute approximate surface area is 121 Å². The molecule has 4 heteroatoms. The van der Waals surface area contributed by atoms with Gasteiger partial charge in [0.25, 0.3) is 0 Å². The molecule has 0 unspecified atom stereocenters. The van der Waals surface area contributed by atoms with Crippen molar-refractivity contribution in [1.29, 1.82) is 0 Å². The maximum atomic E-state index is 12.9. The van der Waals surface area contributed by atoms with E-state index in [0.717, 1.165) is 31.5 Å². The molecule has 0 bridgehead atoms. The second-order valence-corrected chi connectivity index (χ2v) is 5.62. The Bertz CT molecular complexity index is 463. The van der Waals surface area contributed by atoms with Crippen LogP contribution in [-0.2, 0) is 11.2 Å². The summed E-state index contributed by atoms with van der Waals surface area (Å²) in [4.78, 5) is 19.3. The topological polar surface area (TPSA) is 59.2 Å². The lowest BCUT2D eigenvalue weighted by atomic mass is 9.83. The summed E-state index contributed by atoms with van der Waals surface area (Å²) in [5, 5.41) is 0. The number of ketones is 1. The Morgan fingerprint density at radius 2 is 2.00 bits per heavy atom. The minimum absolute atomic E-state index is 0.297. The third-order valence-electron chi connectivity index (χ3n) is 4.61. The lowest BCUT2D eigenvalue weighted by Gasteiger charge is -2.39. The SMILES string of the molecule is CCC(CC)(C(=O)Cc1ccnc(N)c1)N1CCCC1. The highest BCUT2D eigenvalue weighted by atomic mass is 16.1. The zero-order chi connectivity index (χ0) is 14.6. The Kier molecular flexibility index (Phi) is 4.76. The van der Waals surface area contributed by atoms with Crippen LogP contribution in [-0.4, -0.2) is 34.3 Å². The molecule has 1 aliphatic heterocycles. The summed E-state index contributed by atoms with van der Waals surface area (Å²) in [6, 6.07) is 3.69. The van der Waals surface area contributed by atoms with Gasteiger partial charge in [0, 0.05) is 12.6 Å². The molecule has 110 valence electrons. The van der Waals surface area contributed by atoms with Crippen LogP contribution in [0.1, 0.15) is 45.1 Å². The number of Topliss-reactive ketones (excluding diaryl/α,β-unsaturated/α-hetero) is 1. The average molecular weight is 275 g/mol. The molecule has 0 spiro atoms. The third kappa shape index (κ3) is 2.85. The molecule has 0 radical (unpaired) electrons. The van der Waals surface area contributed by atoms with Crippen molar-refractivity contribution in [3.63, 3.8) is 0 Å². The van der Waals surface area contributed by atoms with E-state index in [-0.39, 0.29) is 5.54 Å². The second-order valence-electron chi connectivity index (χ2n) is 5.62. The first kappa shape index (κ1) is 15.0. The number of hydrogen-bond acceptors (Lipinski definition) is 4. The molecule has 0 aliphatic carbocycles. The number of nitrogens with two attached hydrogens (primary N) is 1. The van der Waals surface area contributed by atoms with Crippen molar-refractivity contribution < 1.29 is 4.79 Å². The first-order valence-electron chi connectivity index (χ1n) is 7.61. The van der Waals surface area contributed by atoms with E-state index in [1.54, 1.807) is 12.3 Å². The van der Waals surface area contributed by atoms with Gasteiger partial charge in [0.2, 0.25) is 0 Å². The number of carbonyl (C=O) groups excluding carboxylic acids is 1. The maximum Gasteiger partial charge on any atom is 0.157 e. The number of carbonyl (C=O) groups is 1. The molecular formula is C16H25N3O. The Morgan fingerprint density at radius 3 is 2.55 bits per heavy atom. The Balaban J connectivity index is 2.18. The lowest BCUT2D eigenvalue weighted by Crippen LogP contribution is -2.53. The number of aromatic nitrogens is 1. The number of nitrogen functional groups attached to an aromatic ring is 1. The van der Waals surface area contributed by atoms with Crippen molar-refractivity contribution >= 4 is 11.6 Å². The van der Waals surface area contributed by atoms with E-state index in [4.69, 9.17) is 5.73 Å². The molecule has 1 aromatic heterocycles. The van der Waals surface area contributed by atoms with E-state index >= 15 is 0 Å². The molecule has 20 heavy (non-hydrogen) atoms. The minimum Gasteiger partial charge on any atom is -0.384 e. The molecular weight excluding hydrogens is 250 g/mol. The fourth-order valence-electron chi connectivity index (χ4n) is 3.37. The van der Waals surface area contributed by atoms with Gasteiger partial charge in [-0.15, -0.1) is 0 Å². The van der Waals surface area contributed by atoms with Gasteiger partial charge in [-0.2, -0.15) is 0 Å². The van der Waals surface area contributed by atoms with Crippen LogP contribution in [0.25, 0.3) is 0 Å². The van der Waals surface area contributed by atoms with Crippen molar-refractivity contribution in [2.45, 2.75) is 51.5 Å². The van der Waals surface area contributed by atoms with Gasteiger partial charge < -0.3 is 5.73 Å². The van der Waals surface area contributed by atoms with Gasteiger partial charge in [-0.3, -0.25) is 9.69 Å². The van der Waals surface area contributed by atoms with Crippen LogP contribution in [0.4, 0.5) is 5.82 Å². The average Bonchev–Trinajstić information content (AvgIpc) is 2.95. The molecule has 2 N–H and O–H groups in total. The smallest absolute Gasteiger partial charge is 0.157 e. The van der Waals surface area contributed by atoms with Crippen LogP contribution in [0.15, 0.2) is 18.3 Å². The van der Waals surface area contributed by atoms with Crippen LogP contribution in [0, 0.1) is 0 Å². The Morgan fingerprint density at radius 1 is 1.35 bits per heavy atom. The van der Waals surface area contributed by atoms with Crippen LogP contribution in [0.2, 0.25) is 0 Å². The number of pyridine rings is 1. The summed E-state index contributed by atoms with van der Waals surface area (Å²) >= 11 is 0. The first-order chi connectivity index (χ1) is 9.62. The zero-order valence-corrected chi connectivity index (χ0v) is 12.6. The second kappa shape index (κ2) is 6.35. The van der Waals surface area contributed by atoms with E-state index < -0.39 is 0 Å². The summed E-state index contributed by atoms with van der Waals surface area (Å²) in [6.45, 7) is 6.35. The molecule has 0 aromatic carbocycles. The van der Waals surface area contributed by atoms with E-state index in [2.05, 4.69) is 23.7 Å². The van der Waals surface area contributed by atoms with Gasteiger partial charge in [0.05, 0.1) is 5.54 Å². The number of likely N-dealkylation sites (tertiary alicyclic amines) is 1. The van der Waals surface area contributed by atoms with Gasteiger partial charge >= 0.3 is 0 Å². The fraction of sp³-hybridized carbons (Fsp3) is 0.625.